The number of halogens is 2. The highest BCUT2D eigenvalue weighted by molar-refractivity contribution is 9.10. The third kappa shape index (κ3) is 2.83. The summed E-state index contributed by atoms with van der Waals surface area (Å²) in [4.78, 5) is 14.7. The van der Waals surface area contributed by atoms with E-state index in [0.717, 1.165) is 10.5 Å². The van der Waals surface area contributed by atoms with Gasteiger partial charge in [0.15, 0.2) is 0 Å². The molecule has 1 aromatic heterocycles. The molecule has 0 aliphatic heterocycles. The van der Waals surface area contributed by atoms with Crippen LogP contribution in [0.15, 0.2) is 28.9 Å². The number of hydrogen-bond donors (Lipinski definition) is 2. The van der Waals surface area contributed by atoms with E-state index in [2.05, 4.69) is 26.2 Å². The van der Waals surface area contributed by atoms with Crippen molar-refractivity contribution in [1.29, 1.82) is 5.26 Å². The van der Waals surface area contributed by atoms with E-state index in [4.69, 9.17) is 5.26 Å². The van der Waals surface area contributed by atoms with Gasteiger partial charge < -0.3 is 10.3 Å². The molecular formula is C13H9BrFN3O. The van der Waals surface area contributed by atoms with E-state index >= 15 is 0 Å². The summed E-state index contributed by atoms with van der Waals surface area (Å²) in [5, 5.41) is 11.4. The lowest BCUT2D eigenvalue weighted by atomic mass is 10.1. The minimum absolute atomic E-state index is 0.158. The standard InChI is InChI=1S/C13H9BrFN3O/c1-7-10(15)2-8(5-16)3-11(7)18-13(19)12-4-9(14)6-17-12/h2-4,6,17H,1H3,(H,18,19). The van der Waals surface area contributed by atoms with E-state index in [-0.39, 0.29) is 16.8 Å². The molecule has 1 amide bonds. The van der Waals surface area contributed by atoms with Gasteiger partial charge in [0, 0.05) is 21.9 Å². The average molecular weight is 322 g/mol. The second-order valence-electron chi connectivity index (χ2n) is 3.93. The number of nitrogens with zero attached hydrogens (tertiary/aromatic N) is 1. The first-order valence-electron chi connectivity index (χ1n) is 5.37. The molecule has 96 valence electrons. The van der Waals surface area contributed by atoms with Crippen LogP contribution in [0.3, 0.4) is 0 Å². The molecule has 19 heavy (non-hydrogen) atoms. The number of anilines is 1. The molecule has 0 unspecified atom stereocenters. The molecule has 0 fully saturated rings. The van der Waals surface area contributed by atoms with Gasteiger partial charge in [-0.2, -0.15) is 5.26 Å². The Morgan fingerprint density at radius 1 is 1.47 bits per heavy atom. The molecule has 6 heteroatoms. The number of benzene rings is 1. The molecule has 0 spiro atoms. The van der Waals surface area contributed by atoms with Crippen LogP contribution in [0.4, 0.5) is 10.1 Å². The summed E-state index contributed by atoms with van der Waals surface area (Å²) in [5.74, 6) is -0.926. The van der Waals surface area contributed by atoms with Crippen LogP contribution in [0.1, 0.15) is 21.6 Å². The molecule has 0 saturated carbocycles. The molecule has 2 aromatic rings. The molecule has 0 bridgehead atoms. The van der Waals surface area contributed by atoms with Gasteiger partial charge in [-0.25, -0.2) is 4.39 Å². The number of carbonyl (C=O) groups excluding carboxylic acids is 1. The fourth-order valence-corrected chi connectivity index (χ4v) is 1.91. The predicted octanol–water partition coefficient (Wildman–Crippen LogP) is 3.35. The lowest BCUT2D eigenvalue weighted by Crippen LogP contribution is -2.13. The van der Waals surface area contributed by atoms with Crippen LogP contribution in [0, 0.1) is 24.1 Å². The maximum absolute atomic E-state index is 13.6. The number of nitrogens with one attached hydrogen (secondary N) is 2. The van der Waals surface area contributed by atoms with E-state index in [9.17, 15) is 9.18 Å². The smallest absolute Gasteiger partial charge is 0.272 e. The lowest BCUT2D eigenvalue weighted by Gasteiger charge is -2.08. The van der Waals surface area contributed by atoms with Crippen LogP contribution in [0.5, 0.6) is 0 Å². The topological polar surface area (TPSA) is 68.7 Å². The van der Waals surface area contributed by atoms with Gasteiger partial charge in [-0.05, 0) is 41.1 Å². The Morgan fingerprint density at radius 2 is 2.21 bits per heavy atom. The zero-order valence-corrected chi connectivity index (χ0v) is 11.5. The molecule has 0 radical (unpaired) electrons. The van der Waals surface area contributed by atoms with Crippen molar-refractivity contribution in [3.05, 3.63) is 51.5 Å². The molecule has 1 aromatic carbocycles. The van der Waals surface area contributed by atoms with Gasteiger partial charge in [0.25, 0.3) is 5.91 Å². The Bertz CT molecular complexity index is 688. The maximum atomic E-state index is 13.6. The highest BCUT2D eigenvalue weighted by Crippen LogP contribution is 2.21. The minimum atomic E-state index is -0.526. The zero-order valence-electron chi connectivity index (χ0n) is 9.92. The average Bonchev–Trinajstić information content (AvgIpc) is 2.81. The van der Waals surface area contributed by atoms with Gasteiger partial charge in [-0.1, -0.05) is 0 Å². The fourth-order valence-electron chi connectivity index (χ4n) is 1.56. The number of aromatic amines is 1. The van der Waals surface area contributed by atoms with Crippen molar-refractivity contribution in [2.24, 2.45) is 0 Å². The quantitative estimate of drug-likeness (QED) is 0.890. The Morgan fingerprint density at radius 3 is 2.79 bits per heavy atom. The maximum Gasteiger partial charge on any atom is 0.272 e. The summed E-state index contributed by atoms with van der Waals surface area (Å²) >= 11 is 3.22. The highest BCUT2D eigenvalue weighted by atomic mass is 79.9. The number of amides is 1. The minimum Gasteiger partial charge on any atom is -0.356 e. The Balaban J connectivity index is 2.31. The van der Waals surface area contributed by atoms with E-state index in [1.54, 1.807) is 12.3 Å². The number of nitriles is 1. The van der Waals surface area contributed by atoms with Crippen molar-refractivity contribution >= 4 is 27.5 Å². The molecule has 0 atom stereocenters. The van der Waals surface area contributed by atoms with Gasteiger partial charge >= 0.3 is 0 Å². The molecule has 4 nitrogen and oxygen atoms in total. The normalized spacial score (nSPS) is 10.0. The third-order valence-corrected chi connectivity index (χ3v) is 3.07. The fraction of sp³-hybridized carbons (Fsp3) is 0.0769. The monoisotopic (exact) mass is 321 g/mol. The van der Waals surface area contributed by atoms with E-state index in [1.165, 1.54) is 13.0 Å². The van der Waals surface area contributed by atoms with Crippen LogP contribution in [0.2, 0.25) is 0 Å². The molecule has 0 aliphatic carbocycles. The van der Waals surface area contributed by atoms with Gasteiger partial charge in [-0.15, -0.1) is 0 Å². The summed E-state index contributed by atoms with van der Waals surface area (Å²) in [7, 11) is 0. The van der Waals surface area contributed by atoms with Crippen LogP contribution in [-0.2, 0) is 0 Å². The first-order valence-corrected chi connectivity index (χ1v) is 6.16. The van der Waals surface area contributed by atoms with Crippen LogP contribution in [0.25, 0.3) is 0 Å². The van der Waals surface area contributed by atoms with Crippen molar-refractivity contribution < 1.29 is 9.18 Å². The zero-order chi connectivity index (χ0) is 14.0. The highest BCUT2D eigenvalue weighted by Gasteiger charge is 2.12. The van der Waals surface area contributed by atoms with Gasteiger partial charge in [0.05, 0.1) is 11.6 Å². The Kier molecular flexibility index (Phi) is 3.67. The van der Waals surface area contributed by atoms with Crippen LogP contribution in [-0.4, -0.2) is 10.9 Å². The van der Waals surface area contributed by atoms with Gasteiger partial charge in [0.2, 0.25) is 0 Å². The van der Waals surface area contributed by atoms with E-state index in [0.29, 0.717) is 5.69 Å². The molecular weight excluding hydrogens is 313 g/mol. The van der Waals surface area contributed by atoms with Crippen molar-refractivity contribution in [2.75, 3.05) is 5.32 Å². The summed E-state index contributed by atoms with van der Waals surface area (Å²) in [5.41, 5.74) is 1.07. The first-order chi connectivity index (χ1) is 9.01. The second-order valence-corrected chi connectivity index (χ2v) is 4.84. The van der Waals surface area contributed by atoms with Crippen LogP contribution >= 0.6 is 15.9 Å². The summed E-state index contributed by atoms with van der Waals surface area (Å²) in [6, 6.07) is 6.03. The Labute approximate surface area is 117 Å². The van der Waals surface area contributed by atoms with Crippen molar-refractivity contribution in [3.63, 3.8) is 0 Å². The predicted molar refractivity (Wildman–Crippen MR) is 72.3 cm³/mol. The molecule has 0 aliphatic rings. The molecule has 2 rings (SSSR count). The summed E-state index contributed by atoms with van der Waals surface area (Å²) in [6.07, 6.45) is 1.62. The number of aromatic nitrogens is 1. The molecule has 1 heterocycles. The van der Waals surface area contributed by atoms with E-state index in [1.807, 2.05) is 6.07 Å². The third-order valence-electron chi connectivity index (χ3n) is 2.61. The van der Waals surface area contributed by atoms with Gasteiger partial charge in [0.1, 0.15) is 11.5 Å². The summed E-state index contributed by atoms with van der Waals surface area (Å²) < 4.78 is 14.3. The number of H-pyrrole nitrogens is 1. The lowest BCUT2D eigenvalue weighted by molar-refractivity contribution is 0.102. The summed E-state index contributed by atoms with van der Waals surface area (Å²) in [6.45, 7) is 1.54. The molecule has 2 N–H and O–H groups in total. The van der Waals surface area contributed by atoms with Crippen molar-refractivity contribution in [3.8, 4) is 6.07 Å². The van der Waals surface area contributed by atoms with E-state index < -0.39 is 11.7 Å². The number of carbonyl (C=O) groups is 1. The van der Waals surface area contributed by atoms with Gasteiger partial charge in [-0.3, -0.25) is 4.79 Å². The number of rotatable bonds is 2. The van der Waals surface area contributed by atoms with Crippen molar-refractivity contribution in [2.45, 2.75) is 6.92 Å². The number of hydrogen-bond acceptors (Lipinski definition) is 2. The SMILES string of the molecule is Cc1c(F)cc(C#N)cc1NC(=O)c1cc(Br)c[nH]1. The first kappa shape index (κ1) is 13.3. The van der Waals surface area contributed by atoms with Crippen LogP contribution < -0.4 is 5.32 Å². The second kappa shape index (κ2) is 5.24. The van der Waals surface area contributed by atoms with Crippen molar-refractivity contribution in [1.82, 2.24) is 4.98 Å². The largest absolute Gasteiger partial charge is 0.356 e. The Hall–Kier alpha value is -2.13. The molecule has 0 saturated heterocycles.